The number of rotatable bonds is 7. The minimum Gasteiger partial charge on any atom is -0.481 e. The number of nitrogens with zero attached hydrogens (tertiary/aromatic N) is 2. The van der Waals surface area contributed by atoms with Crippen molar-refractivity contribution in [2.75, 3.05) is 11.9 Å². The Morgan fingerprint density at radius 2 is 2.05 bits per heavy atom. The van der Waals surface area contributed by atoms with Crippen LogP contribution in [0.25, 0.3) is 11.0 Å². The molecular weight excluding hydrogens is 254 g/mol. The molecule has 0 amide bonds. The smallest absolute Gasteiger partial charge is 0.303 e. The van der Waals surface area contributed by atoms with Crippen LogP contribution in [0.4, 0.5) is 5.82 Å². The van der Waals surface area contributed by atoms with E-state index in [4.69, 9.17) is 5.11 Å². The van der Waals surface area contributed by atoms with Crippen molar-refractivity contribution >= 4 is 22.8 Å². The number of nitrogens with one attached hydrogen (secondary N) is 1. The number of hydrogen-bond donors (Lipinski definition) is 2. The van der Waals surface area contributed by atoms with Crippen molar-refractivity contribution in [3.8, 4) is 0 Å². The fraction of sp³-hybridized carbons (Fsp3) is 0.400. The van der Waals surface area contributed by atoms with Crippen LogP contribution in [0.15, 0.2) is 30.5 Å². The molecular formula is C15H19N3O2. The fourth-order valence-electron chi connectivity index (χ4n) is 2.00. The van der Waals surface area contributed by atoms with Gasteiger partial charge in [0.2, 0.25) is 0 Å². The van der Waals surface area contributed by atoms with Gasteiger partial charge in [0.05, 0.1) is 17.2 Å². The second kappa shape index (κ2) is 6.84. The van der Waals surface area contributed by atoms with E-state index in [0.717, 1.165) is 29.8 Å². The van der Waals surface area contributed by atoms with Crippen molar-refractivity contribution in [2.24, 2.45) is 5.92 Å². The van der Waals surface area contributed by atoms with Gasteiger partial charge in [-0.2, -0.15) is 0 Å². The summed E-state index contributed by atoms with van der Waals surface area (Å²) in [5, 5.41) is 11.9. The summed E-state index contributed by atoms with van der Waals surface area (Å²) in [6, 6.07) is 7.74. The summed E-state index contributed by atoms with van der Waals surface area (Å²) in [4.78, 5) is 19.3. The van der Waals surface area contributed by atoms with Gasteiger partial charge in [-0.05, 0) is 30.9 Å². The van der Waals surface area contributed by atoms with E-state index in [2.05, 4.69) is 22.2 Å². The van der Waals surface area contributed by atoms with Gasteiger partial charge in [0.25, 0.3) is 0 Å². The summed E-state index contributed by atoms with van der Waals surface area (Å²) in [6.45, 7) is 2.84. The molecule has 0 saturated heterocycles. The Hall–Kier alpha value is -2.17. The van der Waals surface area contributed by atoms with Gasteiger partial charge in [-0.3, -0.25) is 9.78 Å². The van der Waals surface area contributed by atoms with Gasteiger partial charge in [-0.1, -0.05) is 19.1 Å². The standard InChI is InChI=1S/C15H19N3O2/c1-11(6-7-15(19)20)8-9-16-14-10-17-12-4-2-3-5-13(12)18-14/h2-5,10-11H,6-9H2,1H3,(H,16,18)(H,19,20). The van der Waals surface area contributed by atoms with Crippen molar-refractivity contribution in [3.63, 3.8) is 0 Å². The molecule has 106 valence electrons. The lowest BCUT2D eigenvalue weighted by atomic mass is 10.0. The lowest BCUT2D eigenvalue weighted by Crippen LogP contribution is -2.09. The molecule has 0 saturated carbocycles. The third-order valence-electron chi connectivity index (χ3n) is 3.24. The van der Waals surface area contributed by atoms with Crippen LogP contribution < -0.4 is 5.32 Å². The predicted octanol–water partition coefficient (Wildman–Crippen LogP) is 2.93. The highest BCUT2D eigenvalue weighted by atomic mass is 16.4. The van der Waals surface area contributed by atoms with E-state index < -0.39 is 5.97 Å². The van der Waals surface area contributed by atoms with Crippen LogP contribution in [0, 0.1) is 5.92 Å². The fourth-order valence-corrected chi connectivity index (χ4v) is 2.00. The Labute approximate surface area is 118 Å². The SMILES string of the molecule is CC(CCNc1cnc2ccccc2n1)CCC(=O)O. The number of carboxylic acids is 1. The number of aromatic nitrogens is 2. The number of carbonyl (C=O) groups is 1. The number of carboxylic acid groups (broad SMARTS) is 1. The quantitative estimate of drug-likeness (QED) is 0.811. The highest BCUT2D eigenvalue weighted by Gasteiger charge is 2.05. The van der Waals surface area contributed by atoms with Crippen LogP contribution in [0.1, 0.15) is 26.2 Å². The minimum atomic E-state index is -0.731. The van der Waals surface area contributed by atoms with Crippen molar-refractivity contribution in [2.45, 2.75) is 26.2 Å². The first-order chi connectivity index (χ1) is 9.65. The van der Waals surface area contributed by atoms with Crippen LogP contribution in [-0.4, -0.2) is 27.6 Å². The van der Waals surface area contributed by atoms with Gasteiger partial charge in [0.1, 0.15) is 5.82 Å². The van der Waals surface area contributed by atoms with E-state index in [1.165, 1.54) is 0 Å². The van der Waals surface area contributed by atoms with Gasteiger partial charge in [-0.15, -0.1) is 0 Å². The maximum atomic E-state index is 10.5. The van der Waals surface area contributed by atoms with E-state index in [-0.39, 0.29) is 6.42 Å². The Morgan fingerprint density at radius 1 is 1.30 bits per heavy atom. The van der Waals surface area contributed by atoms with Gasteiger partial charge in [0, 0.05) is 13.0 Å². The first-order valence-corrected chi connectivity index (χ1v) is 6.82. The molecule has 20 heavy (non-hydrogen) atoms. The summed E-state index contributed by atoms with van der Waals surface area (Å²) < 4.78 is 0. The molecule has 1 aromatic heterocycles. The molecule has 1 aromatic carbocycles. The zero-order valence-corrected chi connectivity index (χ0v) is 11.5. The summed E-state index contributed by atoms with van der Waals surface area (Å²) >= 11 is 0. The molecule has 2 N–H and O–H groups in total. The molecule has 0 aliphatic carbocycles. The van der Waals surface area contributed by atoms with Gasteiger partial charge < -0.3 is 10.4 Å². The van der Waals surface area contributed by atoms with Crippen LogP contribution >= 0.6 is 0 Å². The van der Waals surface area contributed by atoms with E-state index in [0.29, 0.717) is 12.3 Å². The van der Waals surface area contributed by atoms with Gasteiger partial charge >= 0.3 is 5.97 Å². The molecule has 1 unspecified atom stereocenters. The Bertz CT molecular complexity index is 586. The molecule has 5 nitrogen and oxygen atoms in total. The molecule has 2 aromatic rings. The summed E-state index contributed by atoms with van der Waals surface area (Å²) in [5.41, 5.74) is 1.75. The second-order valence-corrected chi connectivity index (χ2v) is 5.00. The third kappa shape index (κ3) is 4.19. The molecule has 2 rings (SSSR count). The summed E-state index contributed by atoms with van der Waals surface area (Å²) in [7, 11) is 0. The highest BCUT2D eigenvalue weighted by molar-refractivity contribution is 5.75. The van der Waals surface area contributed by atoms with E-state index >= 15 is 0 Å². The average molecular weight is 273 g/mol. The number of anilines is 1. The zero-order chi connectivity index (χ0) is 14.4. The Balaban J connectivity index is 1.82. The molecule has 0 bridgehead atoms. The molecule has 5 heteroatoms. The lowest BCUT2D eigenvalue weighted by Gasteiger charge is -2.11. The van der Waals surface area contributed by atoms with Crippen molar-refractivity contribution in [1.29, 1.82) is 0 Å². The summed E-state index contributed by atoms with van der Waals surface area (Å²) in [6.07, 6.45) is 3.59. The molecule has 0 fully saturated rings. The molecule has 1 heterocycles. The molecule has 0 spiro atoms. The number of hydrogen-bond acceptors (Lipinski definition) is 4. The highest BCUT2D eigenvalue weighted by Crippen LogP contribution is 2.13. The first kappa shape index (κ1) is 14.2. The number of aliphatic carboxylic acids is 1. The second-order valence-electron chi connectivity index (χ2n) is 5.00. The molecule has 0 aliphatic rings. The third-order valence-corrected chi connectivity index (χ3v) is 3.24. The van der Waals surface area contributed by atoms with Gasteiger partial charge in [-0.25, -0.2) is 4.98 Å². The number of para-hydroxylation sites is 2. The minimum absolute atomic E-state index is 0.233. The average Bonchev–Trinajstić information content (AvgIpc) is 2.45. The Kier molecular flexibility index (Phi) is 4.87. The first-order valence-electron chi connectivity index (χ1n) is 6.82. The van der Waals surface area contributed by atoms with E-state index in [1.807, 2.05) is 24.3 Å². The topological polar surface area (TPSA) is 75.1 Å². The van der Waals surface area contributed by atoms with Crippen LogP contribution in [0.3, 0.4) is 0 Å². The van der Waals surface area contributed by atoms with Crippen molar-refractivity contribution < 1.29 is 9.90 Å². The maximum absolute atomic E-state index is 10.5. The molecule has 0 aliphatic heterocycles. The number of benzene rings is 1. The maximum Gasteiger partial charge on any atom is 0.303 e. The van der Waals surface area contributed by atoms with E-state index in [1.54, 1.807) is 6.20 Å². The number of fused-ring (bicyclic) bond motifs is 1. The Morgan fingerprint density at radius 3 is 2.80 bits per heavy atom. The van der Waals surface area contributed by atoms with Crippen LogP contribution in [-0.2, 0) is 4.79 Å². The van der Waals surface area contributed by atoms with Gasteiger partial charge in [0.15, 0.2) is 0 Å². The van der Waals surface area contributed by atoms with Crippen LogP contribution in [0.5, 0.6) is 0 Å². The zero-order valence-electron chi connectivity index (χ0n) is 11.5. The van der Waals surface area contributed by atoms with Crippen molar-refractivity contribution in [3.05, 3.63) is 30.5 Å². The van der Waals surface area contributed by atoms with Crippen molar-refractivity contribution in [1.82, 2.24) is 9.97 Å². The largest absolute Gasteiger partial charge is 0.481 e. The predicted molar refractivity (Wildman–Crippen MR) is 78.7 cm³/mol. The van der Waals surface area contributed by atoms with E-state index in [9.17, 15) is 4.79 Å². The monoisotopic (exact) mass is 273 g/mol. The molecule has 0 radical (unpaired) electrons. The lowest BCUT2D eigenvalue weighted by molar-refractivity contribution is -0.137. The summed E-state index contributed by atoms with van der Waals surface area (Å²) in [5.74, 6) is 0.409. The van der Waals surface area contributed by atoms with Crippen LogP contribution in [0.2, 0.25) is 0 Å². The molecule has 1 atom stereocenters. The normalized spacial score (nSPS) is 12.2.